The van der Waals surface area contributed by atoms with Gasteiger partial charge >= 0.3 is 0 Å². The first-order valence-corrected chi connectivity index (χ1v) is 8.74. The van der Waals surface area contributed by atoms with E-state index in [0.29, 0.717) is 28.5 Å². The number of benzene rings is 1. The van der Waals surface area contributed by atoms with Crippen LogP contribution >= 0.6 is 23.4 Å². The molecule has 1 aliphatic rings. The van der Waals surface area contributed by atoms with Gasteiger partial charge in [-0.25, -0.2) is 4.98 Å². The first kappa shape index (κ1) is 15.4. The van der Waals surface area contributed by atoms with Crippen LogP contribution in [0, 0.1) is 6.92 Å². The van der Waals surface area contributed by atoms with Crippen molar-refractivity contribution in [2.45, 2.75) is 31.6 Å². The summed E-state index contributed by atoms with van der Waals surface area (Å²) < 4.78 is 5.70. The molecule has 22 heavy (non-hydrogen) atoms. The molecule has 0 saturated heterocycles. The van der Waals surface area contributed by atoms with E-state index in [9.17, 15) is 4.79 Å². The molecule has 0 spiro atoms. The number of halogens is 1. The van der Waals surface area contributed by atoms with Gasteiger partial charge in [0.1, 0.15) is 5.76 Å². The van der Waals surface area contributed by atoms with Gasteiger partial charge in [0, 0.05) is 22.4 Å². The Kier molecular flexibility index (Phi) is 4.74. The summed E-state index contributed by atoms with van der Waals surface area (Å²) in [6.07, 6.45) is 2.23. The third kappa shape index (κ3) is 4.05. The second-order valence-electron chi connectivity index (χ2n) is 5.37. The van der Waals surface area contributed by atoms with Crippen LogP contribution in [0.3, 0.4) is 0 Å². The van der Waals surface area contributed by atoms with Crippen LogP contribution in [0.4, 0.5) is 0 Å². The highest BCUT2D eigenvalue weighted by Crippen LogP contribution is 2.26. The highest BCUT2D eigenvalue weighted by atomic mass is 35.5. The predicted octanol–water partition coefficient (Wildman–Crippen LogP) is 3.82. The van der Waals surface area contributed by atoms with Gasteiger partial charge in [-0.2, -0.15) is 0 Å². The van der Waals surface area contributed by atoms with E-state index in [1.165, 1.54) is 0 Å². The Labute approximate surface area is 138 Å². The van der Waals surface area contributed by atoms with Gasteiger partial charge in [0.05, 0.1) is 11.4 Å². The minimum atomic E-state index is 0.101. The number of hydrogen-bond donors (Lipinski definition) is 1. The molecule has 1 fully saturated rings. The van der Waals surface area contributed by atoms with Crippen LogP contribution in [0.25, 0.3) is 11.5 Å². The number of nitrogens with one attached hydrogen (secondary N) is 1. The Morgan fingerprint density at radius 3 is 3.05 bits per heavy atom. The van der Waals surface area contributed by atoms with Crippen molar-refractivity contribution in [3.63, 3.8) is 0 Å². The van der Waals surface area contributed by atoms with Gasteiger partial charge in [-0.1, -0.05) is 17.7 Å². The molecule has 1 saturated carbocycles. The number of oxazole rings is 1. The largest absolute Gasteiger partial charge is 0.441 e. The zero-order valence-corrected chi connectivity index (χ0v) is 13.8. The molecule has 0 bridgehead atoms. The van der Waals surface area contributed by atoms with E-state index in [0.717, 1.165) is 29.9 Å². The lowest BCUT2D eigenvalue weighted by Gasteiger charge is -2.01. The number of rotatable bonds is 6. The zero-order chi connectivity index (χ0) is 15.5. The van der Waals surface area contributed by atoms with Crippen LogP contribution in [-0.4, -0.2) is 22.7 Å². The molecule has 0 aliphatic heterocycles. The molecule has 0 unspecified atom stereocenters. The van der Waals surface area contributed by atoms with Crippen LogP contribution in [0.1, 0.15) is 24.3 Å². The van der Waals surface area contributed by atoms with Crippen molar-refractivity contribution in [3.8, 4) is 11.5 Å². The van der Waals surface area contributed by atoms with Crippen molar-refractivity contribution in [1.29, 1.82) is 0 Å². The van der Waals surface area contributed by atoms with Crippen LogP contribution in [0.5, 0.6) is 0 Å². The SMILES string of the molecule is Cc1oc(-c2cccc(Cl)c2)nc1CSCC(=O)NC1CC1. The summed E-state index contributed by atoms with van der Waals surface area (Å²) in [5.74, 6) is 2.57. The second-order valence-corrected chi connectivity index (χ2v) is 6.79. The summed E-state index contributed by atoms with van der Waals surface area (Å²) >= 11 is 7.54. The molecule has 116 valence electrons. The first-order chi connectivity index (χ1) is 10.6. The van der Waals surface area contributed by atoms with Crippen molar-refractivity contribution in [2.24, 2.45) is 0 Å². The molecule has 0 atom stereocenters. The molecular formula is C16H17ClN2O2S. The predicted molar refractivity (Wildman–Crippen MR) is 89.0 cm³/mol. The van der Waals surface area contributed by atoms with Crippen LogP contribution < -0.4 is 5.32 Å². The summed E-state index contributed by atoms with van der Waals surface area (Å²) in [6, 6.07) is 7.84. The summed E-state index contributed by atoms with van der Waals surface area (Å²) in [5.41, 5.74) is 1.73. The Hall–Kier alpha value is -1.46. The fourth-order valence-corrected chi connectivity index (χ4v) is 3.07. The molecule has 1 aromatic heterocycles. The standard InChI is InChI=1S/C16H17ClN2O2S/c1-10-14(8-22-9-15(20)18-13-5-6-13)19-16(21-10)11-3-2-4-12(17)7-11/h2-4,7,13H,5-6,8-9H2,1H3,(H,18,20). The van der Waals surface area contributed by atoms with Crippen molar-refractivity contribution >= 4 is 29.3 Å². The zero-order valence-electron chi connectivity index (χ0n) is 12.3. The Balaban J connectivity index is 1.58. The lowest BCUT2D eigenvalue weighted by molar-refractivity contribution is -0.118. The van der Waals surface area contributed by atoms with Crippen LogP contribution in [-0.2, 0) is 10.5 Å². The lowest BCUT2D eigenvalue weighted by atomic mass is 10.2. The number of amides is 1. The number of carbonyl (C=O) groups is 1. The van der Waals surface area contributed by atoms with Gasteiger partial charge in [0.2, 0.25) is 11.8 Å². The van der Waals surface area contributed by atoms with E-state index in [-0.39, 0.29) is 5.91 Å². The third-order valence-corrected chi connectivity index (χ3v) is 4.56. The van der Waals surface area contributed by atoms with Crippen LogP contribution in [0.2, 0.25) is 5.02 Å². The number of carbonyl (C=O) groups excluding carboxylic acids is 1. The number of hydrogen-bond acceptors (Lipinski definition) is 4. The molecule has 3 rings (SSSR count). The minimum absolute atomic E-state index is 0.101. The van der Waals surface area contributed by atoms with Gasteiger partial charge in [0.15, 0.2) is 0 Å². The Bertz CT molecular complexity index is 683. The van der Waals surface area contributed by atoms with Gasteiger partial charge in [-0.05, 0) is 38.0 Å². The highest BCUT2D eigenvalue weighted by molar-refractivity contribution is 7.99. The second kappa shape index (κ2) is 6.75. The van der Waals surface area contributed by atoms with Gasteiger partial charge in [-0.15, -0.1) is 11.8 Å². The number of aromatic nitrogens is 1. The molecule has 2 aromatic rings. The number of aryl methyl sites for hydroxylation is 1. The molecule has 1 amide bonds. The van der Waals surface area contributed by atoms with E-state index in [4.69, 9.17) is 16.0 Å². The molecule has 4 nitrogen and oxygen atoms in total. The third-order valence-electron chi connectivity index (χ3n) is 3.38. The monoisotopic (exact) mass is 336 g/mol. The van der Waals surface area contributed by atoms with Crippen molar-refractivity contribution in [3.05, 3.63) is 40.7 Å². The molecule has 6 heteroatoms. The topological polar surface area (TPSA) is 55.1 Å². The summed E-state index contributed by atoms with van der Waals surface area (Å²) in [7, 11) is 0. The van der Waals surface area contributed by atoms with E-state index in [1.54, 1.807) is 11.8 Å². The van der Waals surface area contributed by atoms with E-state index in [2.05, 4.69) is 10.3 Å². The van der Waals surface area contributed by atoms with Crippen molar-refractivity contribution < 1.29 is 9.21 Å². The summed E-state index contributed by atoms with van der Waals surface area (Å²) in [6.45, 7) is 1.89. The number of nitrogens with zero attached hydrogens (tertiary/aromatic N) is 1. The van der Waals surface area contributed by atoms with E-state index in [1.807, 2.05) is 31.2 Å². The van der Waals surface area contributed by atoms with E-state index >= 15 is 0 Å². The van der Waals surface area contributed by atoms with Gasteiger partial charge in [0.25, 0.3) is 0 Å². The first-order valence-electron chi connectivity index (χ1n) is 7.21. The van der Waals surface area contributed by atoms with Crippen molar-refractivity contribution in [1.82, 2.24) is 10.3 Å². The van der Waals surface area contributed by atoms with Gasteiger partial charge in [-0.3, -0.25) is 4.79 Å². The molecular weight excluding hydrogens is 320 g/mol. The Morgan fingerprint density at radius 1 is 1.50 bits per heavy atom. The number of thioether (sulfide) groups is 1. The minimum Gasteiger partial charge on any atom is -0.441 e. The molecule has 1 aromatic carbocycles. The molecule has 1 N–H and O–H groups in total. The van der Waals surface area contributed by atoms with Crippen molar-refractivity contribution in [2.75, 3.05) is 5.75 Å². The average molecular weight is 337 g/mol. The Morgan fingerprint density at radius 2 is 2.32 bits per heavy atom. The normalized spacial score (nSPS) is 14.1. The maximum Gasteiger partial charge on any atom is 0.230 e. The molecule has 1 aliphatic carbocycles. The summed E-state index contributed by atoms with van der Waals surface area (Å²) in [4.78, 5) is 16.2. The lowest BCUT2D eigenvalue weighted by Crippen LogP contribution is -2.27. The highest BCUT2D eigenvalue weighted by Gasteiger charge is 2.23. The maximum absolute atomic E-state index is 11.6. The molecule has 0 radical (unpaired) electrons. The van der Waals surface area contributed by atoms with E-state index < -0.39 is 0 Å². The van der Waals surface area contributed by atoms with Gasteiger partial charge < -0.3 is 9.73 Å². The quantitative estimate of drug-likeness (QED) is 0.871. The fraction of sp³-hybridized carbons (Fsp3) is 0.375. The molecule has 1 heterocycles. The average Bonchev–Trinajstić information content (AvgIpc) is 3.21. The smallest absolute Gasteiger partial charge is 0.230 e. The van der Waals surface area contributed by atoms with Crippen LogP contribution in [0.15, 0.2) is 28.7 Å². The fourth-order valence-electron chi connectivity index (χ4n) is 2.04. The maximum atomic E-state index is 11.6. The summed E-state index contributed by atoms with van der Waals surface area (Å²) in [5, 5.41) is 3.63.